The second-order valence-corrected chi connectivity index (χ2v) is 7.71. The van der Waals surface area contributed by atoms with Gasteiger partial charge in [0, 0.05) is 18.0 Å². The molecule has 4 amide bonds. The third-order valence-electron chi connectivity index (χ3n) is 4.64. The maximum absolute atomic E-state index is 12.5. The van der Waals surface area contributed by atoms with Crippen LogP contribution in [0, 0.1) is 5.92 Å². The quantitative estimate of drug-likeness (QED) is 0.444. The van der Waals surface area contributed by atoms with Crippen molar-refractivity contribution in [3.05, 3.63) is 29.7 Å². The van der Waals surface area contributed by atoms with Crippen molar-refractivity contribution in [2.75, 3.05) is 17.7 Å². The van der Waals surface area contributed by atoms with Crippen molar-refractivity contribution in [1.29, 1.82) is 0 Å². The first-order chi connectivity index (χ1) is 14.4. The molecule has 0 bridgehead atoms. The highest BCUT2D eigenvalue weighted by Gasteiger charge is 2.34. The summed E-state index contributed by atoms with van der Waals surface area (Å²) in [6.07, 6.45) is 0.166. The van der Waals surface area contributed by atoms with Crippen LogP contribution < -0.4 is 20.7 Å². The van der Waals surface area contributed by atoms with Gasteiger partial charge >= 0.3 is 6.03 Å². The lowest BCUT2D eigenvalue weighted by Gasteiger charge is -2.27. The van der Waals surface area contributed by atoms with Crippen molar-refractivity contribution in [3.8, 4) is 5.75 Å². The van der Waals surface area contributed by atoms with Crippen molar-refractivity contribution in [3.63, 3.8) is 0 Å². The first-order valence-electron chi connectivity index (χ1n) is 9.05. The van der Waals surface area contributed by atoms with Gasteiger partial charge < -0.3 is 19.8 Å². The largest absolute Gasteiger partial charge is 0.482 e. The number of urea groups is 1. The monoisotopic (exact) mass is 431 g/mol. The van der Waals surface area contributed by atoms with Gasteiger partial charge in [0.2, 0.25) is 11.8 Å². The van der Waals surface area contributed by atoms with E-state index in [0.29, 0.717) is 17.0 Å². The standard InChI is InChI=1S/C18H17N5O6S/c1-8-10(16(26)21-17(27)19-8)5-15-22-23-18(29-15)30-7-12(24)9-2-3-13-11(4-9)20-14(25)6-28-13/h2-4,8,10H,5-7H2,1H3,(H,20,25)(H2,19,21,26,27). The highest BCUT2D eigenvalue weighted by atomic mass is 32.2. The lowest BCUT2D eigenvalue weighted by molar-refractivity contribution is -0.125. The van der Waals surface area contributed by atoms with Crippen LogP contribution in [0.25, 0.3) is 0 Å². The summed E-state index contributed by atoms with van der Waals surface area (Å²) in [4.78, 5) is 47.2. The lowest BCUT2D eigenvalue weighted by atomic mass is 9.95. The fraction of sp³-hybridized carbons (Fsp3) is 0.333. The second kappa shape index (κ2) is 8.14. The highest BCUT2D eigenvalue weighted by Crippen LogP contribution is 2.29. The van der Waals surface area contributed by atoms with E-state index in [1.54, 1.807) is 25.1 Å². The summed E-state index contributed by atoms with van der Waals surface area (Å²) in [6, 6.07) is 3.91. The minimum absolute atomic E-state index is 0.0472. The average molecular weight is 431 g/mol. The van der Waals surface area contributed by atoms with E-state index >= 15 is 0 Å². The Morgan fingerprint density at radius 3 is 2.87 bits per heavy atom. The summed E-state index contributed by atoms with van der Waals surface area (Å²) in [5.74, 6) is -0.608. The number of Topliss-reactive ketones (excluding diaryl/α,β-unsaturated/α-hetero) is 1. The van der Waals surface area contributed by atoms with Crippen LogP contribution in [0.3, 0.4) is 0 Å². The van der Waals surface area contributed by atoms with Gasteiger partial charge in [0.15, 0.2) is 12.4 Å². The molecule has 1 saturated heterocycles. The Labute approximate surface area is 174 Å². The van der Waals surface area contributed by atoms with Crippen LogP contribution in [0.1, 0.15) is 23.2 Å². The van der Waals surface area contributed by atoms with Crippen LogP contribution in [0.15, 0.2) is 27.8 Å². The van der Waals surface area contributed by atoms with E-state index in [1.165, 1.54) is 0 Å². The summed E-state index contributed by atoms with van der Waals surface area (Å²) in [5, 5.41) is 15.5. The van der Waals surface area contributed by atoms with Crippen molar-refractivity contribution in [2.45, 2.75) is 24.6 Å². The number of nitrogens with zero attached hydrogens (tertiary/aromatic N) is 2. The van der Waals surface area contributed by atoms with Gasteiger partial charge in [-0.3, -0.25) is 19.7 Å². The molecule has 0 aliphatic carbocycles. The number of aromatic nitrogens is 2. The van der Waals surface area contributed by atoms with E-state index < -0.39 is 17.9 Å². The number of benzene rings is 1. The minimum atomic E-state index is -0.532. The lowest BCUT2D eigenvalue weighted by Crippen LogP contribution is -2.57. The first kappa shape index (κ1) is 19.9. The summed E-state index contributed by atoms with van der Waals surface area (Å²) in [6.45, 7) is 1.67. The first-order valence-corrected chi connectivity index (χ1v) is 10.0. The van der Waals surface area contributed by atoms with Crippen molar-refractivity contribution in [2.24, 2.45) is 5.92 Å². The van der Waals surface area contributed by atoms with E-state index in [9.17, 15) is 19.2 Å². The number of hydrogen-bond donors (Lipinski definition) is 3. The molecule has 2 aliphatic heterocycles. The molecule has 2 aromatic rings. The minimum Gasteiger partial charge on any atom is -0.482 e. The molecule has 0 spiro atoms. The molecule has 12 heteroatoms. The highest BCUT2D eigenvalue weighted by molar-refractivity contribution is 7.99. The SMILES string of the molecule is CC1NC(=O)NC(=O)C1Cc1nnc(SCC(=O)c2ccc3c(c2)NC(=O)CO3)o1. The van der Waals surface area contributed by atoms with Gasteiger partial charge in [0.1, 0.15) is 5.75 Å². The van der Waals surface area contributed by atoms with E-state index in [4.69, 9.17) is 9.15 Å². The fourth-order valence-corrected chi connectivity index (χ4v) is 3.75. The topological polar surface area (TPSA) is 153 Å². The predicted molar refractivity (Wildman–Crippen MR) is 103 cm³/mol. The number of anilines is 1. The molecule has 3 N–H and O–H groups in total. The zero-order valence-electron chi connectivity index (χ0n) is 15.8. The van der Waals surface area contributed by atoms with Gasteiger partial charge in [-0.1, -0.05) is 11.8 Å². The molecule has 3 heterocycles. The fourth-order valence-electron chi connectivity index (χ4n) is 3.08. The predicted octanol–water partition coefficient (Wildman–Crippen LogP) is 0.762. The number of rotatable bonds is 6. The zero-order chi connectivity index (χ0) is 21.3. The van der Waals surface area contributed by atoms with Crippen LogP contribution in [-0.2, 0) is 16.0 Å². The molecule has 30 heavy (non-hydrogen) atoms. The molecule has 2 unspecified atom stereocenters. The molecule has 1 fully saturated rings. The summed E-state index contributed by atoms with van der Waals surface area (Å²) >= 11 is 1.07. The molecule has 0 radical (unpaired) electrons. The Balaban J connectivity index is 1.35. The molecule has 4 rings (SSSR count). The van der Waals surface area contributed by atoms with Crippen LogP contribution in [-0.4, -0.2) is 52.2 Å². The number of carbonyl (C=O) groups is 4. The maximum Gasteiger partial charge on any atom is 0.321 e. The number of fused-ring (bicyclic) bond motifs is 1. The smallest absolute Gasteiger partial charge is 0.321 e. The van der Waals surface area contributed by atoms with Gasteiger partial charge in [-0.2, -0.15) is 0 Å². The zero-order valence-corrected chi connectivity index (χ0v) is 16.6. The molecule has 0 saturated carbocycles. The number of imide groups is 1. The van der Waals surface area contributed by atoms with Gasteiger partial charge in [-0.25, -0.2) is 4.79 Å². The number of thioether (sulfide) groups is 1. The van der Waals surface area contributed by atoms with E-state index in [1.807, 2.05) is 0 Å². The van der Waals surface area contributed by atoms with Crippen LogP contribution in [0.4, 0.5) is 10.5 Å². The number of ether oxygens (including phenoxy) is 1. The molecule has 11 nitrogen and oxygen atoms in total. The molecular formula is C18H17N5O6S. The van der Waals surface area contributed by atoms with Crippen LogP contribution >= 0.6 is 11.8 Å². The maximum atomic E-state index is 12.5. The van der Waals surface area contributed by atoms with Gasteiger partial charge in [0.05, 0.1) is 17.4 Å². The number of carbonyl (C=O) groups excluding carboxylic acids is 4. The average Bonchev–Trinajstić information content (AvgIpc) is 3.16. The summed E-state index contributed by atoms with van der Waals surface area (Å²) < 4.78 is 10.8. The second-order valence-electron chi connectivity index (χ2n) is 6.78. The van der Waals surface area contributed by atoms with Crippen molar-refractivity contribution < 1.29 is 28.3 Å². The third kappa shape index (κ3) is 4.27. The van der Waals surface area contributed by atoms with Gasteiger partial charge in [0.25, 0.3) is 11.1 Å². The van der Waals surface area contributed by atoms with E-state index in [0.717, 1.165) is 11.8 Å². The number of ketones is 1. The van der Waals surface area contributed by atoms with E-state index in [2.05, 4.69) is 26.1 Å². The molecule has 2 aliphatic rings. The molecule has 2 atom stereocenters. The summed E-state index contributed by atoms with van der Waals surface area (Å²) in [5.41, 5.74) is 0.865. The van der Waals surface area contributed by atoms with Crippen molar-refractivity contribution >= 4 is 41.1 Å². The van der Waals surface area contributed by atoms with E-state index in [-0.39, 0.29) is 47.6 Å². The van der Waals surface area contributed by atoms with Gasteiger partial charge in [-0.05, 0) is 25.1 Å². The Bertz CT molecular complexity index is 1040. The summed E-state index contributed by atoms with van der Waals surface area (Å²) in [7, 11) is 0. The molecular weight excluding hydrogens is 414 g/mol. The Kier molecular flexibility index (Phi) is 5.40. The van der Waals surface area contributed by atoms with Crippen molar-refractivity contribution in [1.82, 2.24) is 20.8 Å². The van der Waals surface area contributed by atoms with Crippen LogP contribution in [0.5, 0.6) is 5.75 Å². The van der Waals surface area contributed by atoms with Gasteiger partial charge in [-0.15, -0.1) is 10.2 Å². The molecule has 156 valence electrons. The number of nitrogens with one attached hydrogen (secondary N) is 3. The Hall–Kier alpha value is -3.41. The number of hydrogen-bond acceptors (Lipinski definition) is 9. The third-order valence-corrected chi connectivity index (χ3v) is 5.46. The number of amides is 4. The normalized spacial score (nSPS) is 20.5. The molecule has 1 aromatic carbocycles. The Morgan fingerprint density at radius 1 is 1.23 bits per heavy atom. The Morgan fingerprint density at radius 2 is 2.07 bits per heavy atom. The molecule has 1 aromatic heterocycles. The van der Waals surface area contributed by atoms with Crippen LogP contribution in [0.2, 0.25) is 0 Å².